The quantitative estimate of drug-likeness (QED) is 0.393. The van der Waals surface area contributed by atoms with Crippen molar-refractivity contribution in [3.63, 3.8) is 0 Å². The fraction of sp³-hybridized carbons (Fsp3) is 0.500. The molecular weight excluding hydrogens is 310 g/mol. The summed E-state index contributed by atoms with van der Waals surface area (Å²) in [6, 6.07) is 0. The maximum atomic E-state index is 9.32. The van der Waals surface area contributed by atoms with Gasteiger partial charge >= 0.3 is 75.5 Å². The third-order valence-corrected chi connectivity index (χ3v) is 1.80. The smallest absolute Gasteiger partial charge is 0.790 e. The largest absolute Gasteiger partial charge is 2.00 e. The van der Waals surface area contributed by atoms with Gasteiger partial charge in [-0.2, -0.15) is 0 Å². The zero-order chi connectivity index (χ0) is 11.3. The van der Waals surface area contributed by atoms with E-state index in [1.54, 1.807) is 0 Å². The molecule has 0 bridgehead atoms. The molecular formula is C2H4Ca2O9P2. The molecule has 9 nitrogen and oxygen atoms in total. The van der Waals surface area contributed by atoms with Crippen molar-refractivity contribution in [3.8, 4) is 0 Å². The summed E-state index contributed by atoms with van der Waals surface area (Å²) in [4.78, 5) is 46.3. The Morgan fingerprint density at radius 2 is 1.20 bits per heavy atom. The van der Waals surface area contributed by atoms with E-state index >= 15 is 0 Å². The van der Waals surface area contributed by atoms with E-state index in [1.807, 2.05) is 0 Å². The van der Waals surface area contributed by atoms with Crippen LogP contribution in [-0.2, 0) is 18.2 Å². The predicted molar refractivity (Wildman–Crippen MR) is 41.1 cm³/mol. The molecule has 80 valence electrons. The molecule has 0 aromatic heterocycles. The van der Waals surface area contributed by atoms with Crippen molar-refractivity contribution in [2.75, 3.05) is 0 Å². The Morgan fingerprint density at radius 3 is 1.20 bits per heavy atom. The fourth-order valence-corrected chi connectivity index (χ4v) is 1.10. The second kappa shape index (κ2) is 11.3. The number of carbonyl (C=O) groups is 1. The van der Waals surface area contributed by atoms with Crippen LogP contribution >= 0.6 is 15.6 Å². The van der Waals surface area contributed by atoms with Crippen LogP contribution in [-0.4, -0.2) is 86.6 Å². The van der Waals surface area contributed by atoms with E-state index in [0.29, 0.717) is 0 Å². The summed E-state index contributed by atoms with van der Waals surface area (Å²) in [7, 11) is -11.4. The van der Waals surface area contributed by atoms with Gasteiger partial charge in [-0.3, -0.25) is 4.79 Å². The standard InChI is InChI=1S/C2H4O2.2Ca.H4O7P2/c1-2(3)4;;;1-8(2,3)7-9(4,5)6/h1H3,(H,3,4);;;(H2,1,2,3)(H2,4,5,6)/q;2*+2;/p-4. The Kier molecular flexibility index (Phi) is 19.6. The molecule has 0 atom stereocenters. The molecule has 1 N–H and O–H groups in total. The van der Waals surface area contributed by atoms with Gasteiger partial charge in [0.25, 0.3) is 5.97 Å². The van der Waals surface area contributed by atoms with Crippen LogP contribution < -0.4 is 19.6 Å². The topological polar surface area (TPSA) is 173 Å². The van der Waals surface area contributed by atoms with Crippen LogP contribution in [0.15, 0.2) is 0 Å². The van der Waals surface area contributed by atoms with Gasteiger partial charge in [-0.1, -0.05) is 0 Å². The second-order valence-electron chi connectivity index (χ2n) is 1.50. The van der Waals surface area contributed by atoms with E-state index in [4.69, 9.17) is 9.90 Å². The third-order valence-electron chi connectivity index (χ3n) is 0.200. The minimum atomic E-state index is -5.68. The van der Waals surface area contributed by atoms with Crippen LogP contribution in [0.4, 0.5) is 0 Å². The number of rotatable bonds is 2. The summed E-state index contributed by atoms with van der Waals surface area (Å²) in [6.07, 6.45) is 0. The molecule has 0 spiro atoms. The third kappa shape index (κ3) is 48.5. The van der Waals surface area contributed by atoms with Gasteiger partial charge in [0.05, 0.1) is 15.6 Å². The Hall–Kier alpha value is 2.25. The first-order valence-corrected chi connectivity index (χ1v) is 5.31. The summed E-state index contributed by atoms with van der Waals surface area (Å²) >= 11 is 0. The van der Waals surface area contributed by atoms with Crippen LogP contribution in [0, 0.1) is 0 Å². The molecule has 13 heteroatoms. The predicted octanol–water partition coefficient (Wildman–Crippen LogP) is -4.01. The molecule has 0 aromatic carbocycles. The van der Waals surface area contributed by atoms with Gasteiger partial charge in [-0.15, -0.1) is 0 Å². The van der Waals surface area contributed by atoms with Crippen molar-refractivity contribution in [1.29, 1.82) is 0 Å². The van der Waals surface area contributed by atoms with Gasteiger partial charge in [-0.25, -0.2) is 0 Å². The zero-order valence-electron chi connectivity index (χ0n) is 7.52. The molecule has 15 heavy (non-hydrogen) atoms. The first kappa shape index (κ1) is 25.9. The van der Waals surface area contributed by atoms with E-state index < -0.39 is 21.6 Å². The number of hydrogen-bond acceptors (Lipinski definition) is 8. The van der Waals surface area contributed by atoms with Gasteiger partial charge in [0.1, 0.15) is 0 Å². The van der Waals surface area contributed by atoms with E-state index in [1.165, 1.54) is 0 Å². The summed E-state index contributed by atoms with van der Waals surface area (Å²) in [5.41, 5.74) is 0. The van der Waals surface area contributed by atoms with Gasteiger partial charge in [-0.05, 0) is 0 Å². The van der Waals surface area contributed by atoms with Gasteiger partial charge in [0, 0.05) is 6.92 Å². The molecule has 0 amide bonds. The molecule has 0 unspecified atom stereocenters. The molecule has 0 heterocycles. The van der Waals surface area contributed by atoms with Crippen molar-refractivity contribution in [1.82, 2.24) is 0 Å². The number of phosphoric acid groups is 2. The van der Waals surface area contributed by atoms with Crippen molar-refractivity contribution in [3.05, 3.63) is 0 Å². The number of hydrogen-bond donors (Lipinski definition) is 1. The van der Waals surface area contributed by atoms with Crippen molar-refractivity contribution in [2.24, 2.45) is 0 Å². The van der Waals surface area contributed by atoms with E-state index in [9.17, 15) is 28.7 Å². The summed E-state index contributed by atoms with van der Waals surface area (Å²) < 4.78 is 21.2. The SMILES string of the molecule is CC(=O)O.O=P([O-])([O-])OP(=O)([O-])[O-].[Ca+2].[Ca+2]. The summed E-state index contributed by atoms with van der Waals surface area (Å²) in [6.45, 7) is 1.08. The minimum Gasteiger partial charge on any atom is -0.790 e. The van der Waals surface area contributed by atoms with E-state index in [2.05, 4.69) is 4.31 Å². The molecule has 0 aliphatic carbocycles. The molecule has 0 saturated carbocycles. The zero-order valence-corrected chi connectivity index (χ0v) is 13.7. The Balaban J connectivity index is -0.0000000883. The van der Waals surface area contributed by atoms with Crippen molar-refractivity contribution < 1.29 is 42.9 Å². The summed E-state index contributed by atoms with van der Waals surface area (Å²) in [5.74, 6) is -0.833. The summed E-state index contributed by atoms with van der Waals surface area (Å²) in [5, 5.41) is 7.42. The van der Waals surface area contributed by atoms with E-state index in [-0.39, 0.29) is 75.5 Å². The van der Waals surface area contributed by atoms with E-state index in [0.717, 1.165) is 6.92 Å². The second-order valence-corrected chi connectivity index (χ2v) is 3.94. The van der Waals surface area contributed by atoms with Crippen LogP contribution in [0.5, 0.6) is 0 Å². The normalized spacial score (nSPS) is 9.93. The monoisotopic (exact) mass is 314 g/mol. The van der Waals surface area contributed by atoms with Gasteiger partial charge in [0.2, 0.25) is 0 Å². The molecule has 0 radical (unpaired) electrons. The molecule has 0 aromatic rings. The first-order chi connectivity index (χ1) is 5.44. The Labute approximate surface area is 145 Å². The maximum Gasteiger partial charge on any atom is 2.00 e. The minimum absolute atomic E-state index is 0. The van der Waals surface area contributed by atoms with Crippen LogP contribution in [0.3, 0.4) is 0 Å². The number of aliphatic carboxylic acids is 1. The molecule has 0 aliphatic heterocycles. The Bertz CT molecular complexity index is 229. The first-order valence-electron chi connectivity index (χ1n) is 2.39. The maximum absolute atomic E-state index is 9.32. The van der Waals surface area contributed by atoms with Crippen LogP contribution in [0.2, 0.25) is 0 Å². The number of carboxylic acid groups (broad SMARTS) is 1. The van der Waals surface area contributed by atoms with Crippen LogP contribution in [0.1, 0.15) is 6.92 Å². The molecule has 0 saturated heterocycles. The average molecular weight is 314 g/mol. The van der Waals surface area contributed by atoms with Crippen LogP contribution in [0.25, 0.3) is 0 Å². The Morgan fingerprint density at radius 1 is 1.07 bits per heavy atom. The van der Waals surface area contributed by atoms with Gasteiger partial charge < -0.3 is 38.1 Å². The van der Waals surface area contributed by atoms with Crippen molar-refractivity contribution in [2.45, 2.75) is 6.92 Å². The van der Waals surface area contributed by atoms with Crippen molar-refractivity contribution >= 4 is 97.1 Å². The molecule has 0 rings (SSSR count). The van der Waals surface area contributed by atoms with Gasteiger partial charge in [0.15, 0.2) is 0 Å². The number of carboxylic acids is 1. The molecule has 0 fully saturated rings. The fourth-order valence-electron chi connectivity index (χ4n) is 0.122. The average Bonchev–Trinajstić information content (AvgIpc) is 1.47. The molecule has 0 aliphatic rings.